The number of anilines is 1. The van der Waals surface area contributed by atoms with E-state index < -0.39 is 0 Å². The highest BCUT2D eigenvalue weighted by Gasteiger charge is 2.15. The molecule has 5 rings (SSSR count). The zero-order chi connectivity index (χ0) is 25.8. The lowest BCUT2D eigenvalue weighted by Crippen LogP contribution is -2.08. The molecule has 0 aliphatic heterocycles. The summed E-state index contributed by atoms with van der Waals surface area (Å²) in [6.45, 7) is 3.96. The van der Waals surface area contributed by atoms with Crippen LogP contribution in [0.1, 0.15) is 18.1 Å². The SMILES string of the molecule is COc1cc2occ(-c3ccc(C)cc3)c2cc1/C(C)=C/C(=O)Nc1ccc(Oc2ccccc2)cc1. The molecule has 1 aromatic heterocycles. The van der Waals surface area contributed by atoms with Gasteiger partial charge in [0.25, 0.3) is 0 Å². The van der Waals surface area contributed by atoms with Crippen LogP contribution in [0, 0.1) is 6.92 Å². The minimum atomic E-state index is -0.234. The van der Waals surface area contributed by atoms with Gasteiger partial charge in [-0.25, -0.2) is 0 Å². The fourth-order valence-corrected chi connectivity index (χ4v) is 4.17. The molecule has 0 spiro atoms. The number of methoxy groups -OCH3 is 1. The Kier molecular flexibility index (Phi) is 6.77. The number of rotatable bonds is 7. The fourth-order valence-electron chi connectivity index (χ4n) is 4.17. The van der Waals surface area contributed by atoms with Crippen LogP contribution in [0.3, 0.4) is 0 Å². The van der Waals surface area contributed by atoms with E-state index in [9.17, 15) is 4.79 Å². The van der Waals surface area contributed by atoms with Gasteiger partial charge < -0.3 is 19.2 Å². The van der Waals surface area contributed by atoms with Crippen LogP contribution in [0.15, 0.2) is 108 Å². The molecule has 184 valence electrons. The molecule has 0 unspecified atom stereocenters. The lowest BCUT2D eigenvalue weighted by atomic mass is 9.99. The van der Waals surface area contributed by atoms with E-state index in [0.29, 0.717) is 17.2 Å². The summed E-state index contributed by atoms with van der Waals surface area (Å²) in [4.78, 5) is 12.8. The number of allylic oxidation sites excluding steroid dienone is 1. The highest BCUT2D eigenvalue weighted by atomic mass is 16.5. The van der Waals surface area contributed by atoms with E-state index in [1.807, 2.05) is 73.7 Å². The molecule has 0 bridgehead atoms. The summed E-state index contributed by atoms with van der Waals surface area (Å²) in [6, 6.07) is 29.0. The summed E-state index contributed by atoms with van der Waals surface area (Å²) >= 11 is 0. The first-order valence-corrected chi connectivity index (χ1v) is 12.0. The van der Waals surface area contributed by atoms with Gasteiger partial charge in [0, 0.05) is 34.3 Å². The Morgan fingerprint density at radius 3 is 2.30 bits per heavy atom. The summed E-state index contributed by atoms with van der Waals surface area (Å²) in [5.41, 5.74) is 6.26. The quantitative estimate of drug-likeness (QED) is 0.234. The highest BCUT2D eigenvalue weighted by molar-refractivity contribution is 6.05. The molecule has 5 nitrogen and oxygen atoms in total. The van der Waals surface area contributed by atoms with E-state index in [-0.39, 0.29) is 5.91 Å². The topological polar surface area (TPSA) is 60.7 Å². The van der Waals surface area contributed by atoms with Crippen molar-refractivity contribution in [1.29, 1.82) is 0 Å². The highest BCUT2D eigenvalue weighted by Crippen LogP contribution is 2.37. The van der Waals surface area contributed by atoms with Gasteiger partial charge in [-0.2, -0.15) is 0 Å². The van der Waals surface area contributed by atoms with Gasteiger partial charge in [-0.3, -0.25) is 4.79 Å². The first-order chi connectivity index (χ1) is 18.0. The Morgan fingerprint density at radius 1 is 0.892 bits per heavy atom. The van der Waals surface area contributed by atoms with Crippen LogP contribution in [0.2, 0.25) is 0 Å². The molecule has 37 heavy (non-hydrogen) atoms. The van der Waals surface area contributed by atoms with Crippen LogP contribution in [0.4, 0.5) is 5.69 Å². The number of carbonyl (C=O) groups excluding carboxylic acids is 1. The number of hydrogen-bond acceptors (Lipinski definition) is 4. The van der Waals surface area contributed by atoms with Crippen molar-refractivity contribution >= 4 is 28.1 Å². The van der Waals surface area contributed by atoms with Crippen molar-refractivity contribution < 1.29 is 18.7 Å². The number of para-hydroxylation sites is 1. The van der Waals surface area contributed by atoms with Crippen LogP contribution in [0.25, 0.3) is 27.7 Å². The number of furan rings is 1. The average molecular weight is 490 g/mol. The molecule has 0 saturated heterocycles. The zero-order valence-electron chi connectivity index (χ0n) is 20.9. The average Bonchev–Trinajstić information content (AvgIpc) is 3.33. The maximum absolute atomic E-state index is 12.8. The summed E-state index contributed by atoms with van der Waals surface area (Å²) in [5, 5.41) is 3.88. The number of fused-ring (bicyclic) bond motifs is 1. The van der Waals surface area contributed by atoms with E-state index in [1.165, 1.54) is 5.56 Å². The van der Waals surface area contributed by atoms with Gasteiger partial charge in [-0.05, 0) is 67.4 Å². The van der Waals surface area contributed by atoms with E-state index in [1.54, 1.807) is 19.4 Å². The molecule has 5 heteroatoms. The monoisotopic (exact) mass is 489 g/mol. The standard InChI is InChI=1S/C32H27NO4/c1-21-9-11-23(12-10-21)29-20-36-31-19-30(35-3)27(18-28(29)31)22(2)17-32(34)33-24-13-15-26(16-14-24)37-25-7-5-4-6-8-25/h4-20H,1-3H3,(H,33,34)/b22-17+. The van der Waals surface area contributed by atoms with E-state index in [2.05, 4.69) is 36.5 Å². The van der Waals surface area contributed by atoms with Crippen molar-refractivity contribution in [2.45, 2.75) is 13.8 Å². The van der Waals surface area contributed by atoms with E-state index in [0.717, 1.165) is 39.0 Å². The molecule has 0 aliphatic carbocycles. The zero-order valence-corrected chi connectivity index (χ0v) is 20.9. The smallest absolute Gasteiger partial charge is 0.248 e. The van der Waals surface area contributed by atoms with Gasteiger partial charge in [0.1, 0.15) is 22.8 Å². The van der Waals surface area contributed by atoms with E-state index in [4.69, 9.17) is 13.9 Å². The molecule has 0 atom stereocenters. The second kappa shape index (κ2) is 10.5. The Morgan fingerprint density at radius 2 is 1.59 bits per heavy atom. The van der Waals surface area contributed by atoms with Crippen LogP contribution in [-0.4, -0.2) is 13.0 Å². The van der Waals surface area contributed by atoms with Crippen molar-refractivity contribution in [3.63, 3.8) is 0 Å². The predicted octanol–water partition coefficient (Wildman–Crippen LogP) is 8.25. The van der Waals surface area contributed by atoms with Gasteiger partial charge in [0.15, 0.2) is 0 Å². The summed E-state index contributed by atoms with van der Waals surface area (Å²) in [7, 11) is 1.61. The normalized spacial score (nSPS) is 11.4. The molecule has 1 amide bonds. The number of benzene rings is 4. The Hall–Kier alpha value is -4.77. The number of hydrogen-bond donors (Lipinski definition) is 1. The number of nitrogens with one attached hydrogen (secondary N) is 1. The minimum absolute atomic E-state index is 0.234. The predicted molar refractivity (Wildman–Crippen MR) is 148 cm³/mol. The third kappa shape index (κ3) is 5.41. The molecule has 0 aliphatic rings. The molecule has 1 heterocycles. The lowest BCUT2D eigenvalue weighted by molar-refractivity contribution is -0.111. The van der Waals surface area contributed by atoms with Crippen LogP contribution in [0.5, 0.6) is 17.2 Å². The first-order valence-electron chi connectivity index (χ1n) is 12.0. The summed E-state index contributed by atoms with van der Waals surface area (Å²) < 4.78 is 17.3. The van der Waals surface area contributed by atoms with Gasteiger partial charge >= 0.3 is 0 Å². The Bertz CT molecular complexity index is 1560. The maximum Gasteiger partial charge on any atom is 0.248 e. The minimum Gasteiger partial charge on any atom is -0.496 e. The third-order valence-electron chi connectivity index (χ3n) is 6.13. The molecular weight excluding hydrogens is 462 g/mol. The van der Waals surface area contributed by atoms with Crippen molar-refractivity contribution in [1.82, 2.24) is 0 Å². The second-order valence-corrected chi connectivity index (χ2v) is 8.82. The molecule has 1 N–H and O–H groups in total. The molecule has 0 saturated carbocycles. The van der Waals surface area contributed by atoms with Gasteiger partial charge in [-0.15, -0.1) is 0 Å². The van der Waals surface area contributed by atoms with Crippen molar-refractivity contribution in [2.75, 3.05) is 12.4 Å². The van der Waals surface area contributed by atoms with Gasteiger partial charge in [-0.1, -0.05) is 48.0 Å². The van der Waals surface area contributed by atoms with Crippen molar-refractivity contribution in [2.24, 2.45) is 0 Å². The number of carbonyl (C=O) groups is 1. The Balaban J connectivity index is 1.36. The third-order valence-corrected chi connectivity index (χ3v) is 6.13. The maximum atomic E-state index is 12.8. The lowest BCUT2D eigenvalue weighted by Gasteiger charge is -2.11. The Labute approximate surface area is 216 Å². The van der Waals surface area contributed by atoms with Gasteiger partial charge in [0.2, 0.25) is 5.91 Å². The van der Waals surface area contributed by atoms with Crippen LogP contribution >= 0.6 is 0 Å². The fraction of sp³-hybridized carbons (Fsp3) is 0.0938. The number of aryl methyl sites for hydroxylation is 1. The first kappa shape index (κ1) is 23.9. The number of ether oxygens (including phenoxy) is 2. The largest absolute Gasteiger partial charge is 0.496 e. The second-order valence-electron chi connectivity index (χ2n) is 8.82. The molecule has 0 radical (unpaired) electrons. The molecule has 5 aromatic rings. The number of amides is 1. The molecule has 4 aromatic carbocycles. The molecular formula is C32H27NO4. The summed E-state index contributed by atoms with van der Waals surface area (Å²) in [5.74, 6) is 1.86. The van der Waals surface area contributed by atoms with Crippen molar-refractivity contribution in [3.05, 3.63) is 114 Å². The molecule has 0 fully saturated rings. The van der Waals surface area contributed by atoms with Crippen molar-refractivity contribution in [3.8, 4) is 28.4 Å². The van der Waals surface area contributed by atoms with E-state index >= 15 is 0 Å². The van der Waals surface area contributed by atoms with Gasteiger partial charge in [0.05, 0.1) is 13.4 Å². The van der Waals surface area contributed by atoms with Crippen LogP contribution in [-0.2, 0) is 4.79 Å². The summed E-state index contributed by atoms with van der Waals surface area (Å²) in [6.07, 6.45) is 3.33. The van der Waals surface area contributed by atoms with Crippen LogP contribution < -0.4 is 14.8 Å².